The van der Waals surface area contributed by atoms with Crippen LogP contribution in [0.5, 0.6) is 11.5 Å². The van der Waals surface area contributed by atoms with Gasteiger partial charge in [0, 0.05) is 25.3 Å². The minimum Gasteiger partial charge on any atom is -0.503 e. The number of aromatic hydroxyl groups is 1. The van der Waals surface area contributed by atoms with Crippen LogP contribution in [0.1, 0.15) is 76.8 Å². The summed E-state index contributed by atoms with van der Waals surface area (Å²) in [4.78, 5) is 12.3. The summed E-state index contributed by atoms with van der Waals surface area (Å²) in [6.45, 7) is 6.46. The quantitative estimate of drug-likeness (QED) is 0.418. The van der Waals surface area contributed by atoms with E-state index < -0.39 is 0 Å². The van der Waals surface area contributed by atoms with Gasteiger partial charge in [-0.3, -0.25) is 4.79 Å². The molecule has 5 heteroatoms. The number of phenols is 1. The molecular formula is C24H34N2O3. The molecule has 2 N–H and O–H groups in total. The molecule has 1 unspecified atom stereocenters. The van der Waals surface area contributed by atoms with Crippen molar-refractivity contribution in [3.8, 4) is 29.4 Å². The Morgan fingerprint density at radius 3 is 2.62 bits per heavy atom. The molecule has 1 amide bonds. The largest absolute Gasteiger partial charge is 0.503 e. The maximum Gasteiger partial charge on any atom is 0.220 e. The zero-order valence-electron chi connectivity index (χ0n) is 18.2. The first-order valence-electron chi connectivity index (χ1n) is 10.4. The number of unbranched alkanes of at least 4 members (excludes halogenated alkanes) is 2. The van der Waals surface area contributed by atoms with Crippen LogP contribution < -0.4 is 10.1 Å². The molecule has 0 spiro atoms. The molecule has 0 fully saturated rings. The number of carbonyl (C=O) groups is 1. The summed E-state index contributed by atoms with van der Waals surface area (Å²) in [5, 5.41) is 21.9. The van der Waals surface area contributed by atoms with E-state index in [-0.39, 0.29) is 17.7 Å². The number of aryl methyl sites for hydroxylation is 1. The van der Waals surface area contributed by atoms with Gasteiger partial charge < -0.3 is 15.2 Å². The number of nitrogens with zero attached hydrogens (tertiary/aromatic N) is 1. The van der Waals surface area contributed by atoms with E-state index in [0.29, 0.717) is 49.3 Å². The highest BCUT2D eigenvalue weighted by molar-refractivity contribution is 5.76. The van der Waals surface area contributed by atoms with Crippen molar-refractivity contribution < 1.29 is 14.6 Å². The Morgan fingerprint density at radius 2 is 1.97 bits per heavy atom. The number of benzene rings is 1. The van der Waals surface area contributed by atoms with Crippen LogP contribution in [-0.4, -0.2) is 24.2 Å². The molecule has 29 heavy (non-hydrogen) atoms. The zero-order chi connectivity index (χ0) is 21.6. The van der Waals surface area contributed by atoms with Gasteiger partial charge in [-0.25, -0.2) is 0 Å². The lowest BCUT2D eigenvalue weighted by molar-refractivity contribution is -0.121. The Hall–Kier alpha value is -2.66. The number of amides is 1. The van der Waals surface area contributed by atoms with Crippen LogP contribution in [0, 0.1) is 29.1 Å². The number of ether oxygens (including phenoxy) is 1. The number of rotatable bonds is 11. The number of carbonyl (C=O) groups excluding carboxylic acids is 1. The molecule has 0 saturated carbocycles. The Morgan fingerprint density at radius 1 is 1.21 bits per heavy atom. The van der Waals surface area contributed by atoms with Crippen molar-refractivity contribution in [3.63, 3.8) is 0 Å². The molecule has 1 aromatic rings. The van der Waals surface area contributed by atoms with Gasteiger partial charge in [0.15, 0.2) is 11.5 Å². The van der Waals surface area contributed by atoms with E-state index in [4.69, 9.17) is 10.00 Å². The van der Waals surface area contributed by atoms with Gasteiger partial charge in [-0.05, 0) is 49.8 Å². The van der Waals surface area contributed by atoms with E-state index in [2.05, 4.69) is 37.1 Å². The maximum absolute atomic E-state index is 12.3. The van der Waals surface area contributed by atoms with E-state index >= 15 is 0 Å². The third-order valence-corrected chi connectivity index (χ3v) is 4.63. The van der Waals surface area contributed by atoms with Gasteiger partial charge in [-0.15, -0.1) is 0 Å². The second kappa shape index (κ2) is 13.5. The normalized spacial score (nSPS) is 11.3. The predicted octanol–water partition coefficient (Wildman–Crippen LogP) is 4.71. The monoisotopic (exact) mass is 398 g/mol. The summed E-state index contributed by atoms with van der Waals surface area (Å²) >= 11 is 0. The van der Waals surface area contributed by atoms with Crippen molar-refractivity contribution in [3.05, 3.63) is 23.3 Å². The van der Waals surface area contributed by atoms with Crippen molar-refractivity contribution in [2.75, 3.05) is 7.11 Å². The first kappa shape index (κ1) is 24.4. The van der Waals surface area contributed by atoms with Crippen LogP contribution in [0.15, 0.2) is 12.1 Å². The Labute approximate surface area is 175 Å². The number of nitriles is 1. The van der Waals surface area contributed by atoms with Crippen LogP contribution in [0.3, 0.4) is 0 Å². The molecule has 1 atom stereocenters. The summed E-state index contributed by atoms with van der Waals surface area (Å²) < 4.78 is 5.24. The highest BCUT2D eigenvalue weighted by Gasteiger charge is 2.12. The Balaban J connectivity index is 2.65. The summed E-state index contributed by atoms with van der Waals surface area (Å²) in [7, 11) is 1.49. The second-order valence-electron chi connectivity index (χ2n) is 7.80. The number of phenolic OH excluding ortho intramolecular Hbond substituents is 1. The third kappa shape index (κ3) is 9.90. The van der Waals surface area contributed by atoms with E-state index in [1.807, 2.05) is 6.92 Å². The van der Waals surface area contributed by atoms with Gasteiger partial charge in [0.05, 0.1) is 18.7 Å². The Bertz CT molecular complexity index is 754. The average Bonchev–Trinajstić information content (AvgIpc) is 2.67. The summed E-state index contributed by atoms with van der Waals surface area (Å²) in [5.74, 6) is 7.00. The highest BCUT2D eigenvalue weighted by atomic mass is 16.5. The highest BCUT2D eigenvalue weighted by Crippen LogP contribution is 2.31. The molecule has 1 rings (SSSR count). The fourth-order valence-electron chi connectivity index (χ4n) is 2.98. The SMILES string of the molecule is COc1cc(CCC(=O)NC(C)CCCC(C)C)cc(C#CCCCC#N)c1O. The van der Waals surface area contributed by atoms with Gasteiger partial charge in [0.25, 0.3) is 0 Å². The molecule has 0 bridgehead atoms. The van der Waals surface area contributed by atoms with E-state index in [9.17, 15) is 9.90 Å². The molecule has 158 valence electrons. The average molecular weight is 399 g/mol. The number of nitrogens with one attached hydrogen (secondary N) is 1. The van der Waals surface area contributed by atoms with Crippen molar-refractivity contribution in [1.82, 2.24) is 5.32 Å². The first-order valence-corrected chi connectivity index (χ1v) is 10.4. The molecule has 5 nitrogen and oxygen atoms in total. The summed E-state index contributed by atoms with van der Waals surface area (Å²) in [5.41, 5.74) is 1.38. The molecule has 0 aliphatic heterocycles. The summed E-state index contributed by atoms with van der Waals surface area (Å²) in [6, 6.07) is 5.80. The van der Waals surface area contributed by atoms with Gasteiger partial charge in [0.1, 0.15) is 0 Å². The maximum atomic E-state index is 12.3. The lowest BCUT2D eigenvalue weighted by Gasteiger charge is -2.15. The van der Waals surface area contributed by atoms with Crippen molar-refractivity contribution in [2.24, 2.45) is 5.92 Å². The minimum absolute atomic E-state index is 0.00672. The molecule has 0 aliphatic rings. The van der Waals surface area contributed by atoms with Crippen LogP contribution in [0.25, 0.3) is 0 Å². The standard InChI is InChI=1S/C24H34N2O3/c1-18(2)10-9-11-19(3)26-23(27)14-13-20-16-21(12-7-5-6-8-15-25)24(28)22(17-20)29-4/h16-19,28H,5-6,8-11,13-14H2,1-4H3,(H,26,27). The molecule has 0 aliphatic carbocycles. The van der Waals surface area contributed by atoms with Gasteiger partial charge in [-0.2, -0.15) is 5.26 Å². The molecule has 0 saturated heterocycles. The first-order chi connectivity index (χ1) is 13.9. The van der Waals surface area contributed by atoms with Crippen LogP contribution in [0.2, 0.25) is 0 Å². The Kier molecular flexibility index (Phi) is 11.4. The smallest absolute Gasteiger partial charge is 0.220 e. The third-order valence-electron chi connectivity index (χ3n) is 4.63. The molecule has 0 aromatic heterocycles. The predicted molar refractivity (Wildman–Crippen MR) is 116 cm³/mol. The summed E-state index contributed by atoms with van der Waals surface area (Å²) in [6.07, 6.45) is 5.96. The van der Waals surface area contributed by atoms with Crippen LogP contribution in [-0.2, 0) is 11.2 Å². The van der Waals surface area contributed by atoms with E-state index in [0.717, 1.165) is 18.4 Å². The topological polar surface area (TPSA) is 82.3 Å². The second-order valence-corrected chi connectivity index (χ2v) is 7.80. The fourth-order valence-corrected chi connectivity index (χ4v) is 2.98. The van der Waals surface area contributed by atoms with Crippen molar-refractivity contribution >= 4 is 5.91 Å². The van der Waals surface area contributed by atoms with Crippen LogP contribution >= 0.6 is 0 Å². The van der Waals surface area contributed by atoms with Gasteiger partial charge in [-0.1, -0.05) is 38.5 Å². The van der Waals surface area contributed by atoms with Crippen molar-refractivity contribution in [2.45, 2.75) is 78.2 Å². The van der Waals surface area contributed by atoms with E-state index in [1.54, 1.807) is 12.1 Å². The van der Waals surface area contributed by atoms with E-state index in [1.165, 1.54) is 13.5 Å². The lowest BCUT2D eigenvalue weighted by Crippen LogP contribution is -2.32. The van der Waals surface area contributed by atoms with Gasteiger partial charge >= 0.3 is 0 Å². The number of hydrogen-bond acceptors (Lipinski definition) is 4. The number of hydrogen-bond donors (Lipinski definition) is 2. The molecule has 0 radical (unpaired) electrons. The number of methoxy groups -OCH3 is 1. The minimum atomic E-state index is 0.00672. The molecular weight excluding hydrogens is 364 g/mol. The lowest BCUT2D eigenvalue weighted by atomic mass is 10.0. The fraction of sp³-hybridized carbons (Fsp3) is 0.583. The molecule has 1 aromatic carbocycles. The molecule has 0 heterocycles. The van der Waals surface area contributed by atoms with Crippen molar-refractivity contribution in [1.29, 1.82) is 5.26 Å². The van der Waals surface area contributed by atoms with Gasteiger partial charge in [0.2, 0.25) is 5.91 Å². The van der Waals surface area contributed by atoms with Crippen LogP contribution in [0.4, 0.5) is 0 Å². The zero-order valence-corrected chi connectivity index (χ0v) is 18.2.